The fourth-order valence-corrected chi connectivity index (χ4v) is 1.66. The van der Waals surface area contributed by atoms with Gasteiger partial charge in [-0.3, -0.25) is 0 Å². The van der Waals surface area contributed by atoms with Crippen molar-refractivity contribution in [2.45, 2.75) is 26.0 Å². The lowest BCUT2D eigenvalue weighted by molar-refractivity contribution is -0.144. The minimum absolute atomic E-state index is 0.420. The van der Waals surface area contributed by atoms with Crippen molar-refractivity contribution in [2.75, 3.05) is 7.11 Å². The van der Waals surface area contributed by atoms with E-state index in [1.165, 1.54) is 7.11 Å². The molecule has 0 fully saturated rings. The van der Waals surface area contributed by atoms with E-state index < -0.39 is 18.1 Å². The summed E-state index contributed by atoms with van der Waals surface area (Å²) in [6, 6.07) is 2.93. The van der Waals surface area contributed by atoms with Crippen molar-refractivity contribution < 1.29 is 18.7 Å². The van der Waals surface area contributed by atoms with E-state index in [1.54, 1.807) is 13.0 Å². The minimum Gasteiger partial charge on any atom is -0.467 e. The van der Waals surface area contributed by atoms with Crippen molar-refractivity contribution in [1.29, 1.82) is 0 Å². The quantitative estimate of drug-likeness (QED) is 0.715. The van der Waals surface area contributed by atoms with Gasteiger partial charge in [0.25, 0.3) is 0 Å². The number of carbonyl (C=O) groups excluding carboxylic acids is 1. The topological polar surface area (TPSA) is 61.0 Å². The molecule has 1 aromatic rings. The molecule has 0 saturated carbocycles. The lowest BCUT2D eigenvalue weighted by Crippen LogP contribution is -2.24. The predicted octanol–water partition coefficient (Wildman–Crippen LogP) is 1.62. The van der Waals surface area contributed by atoms with Crippen molar-refractivity contribution in [3.8, 4) is 0 Å². The molecule has 16 heavy (non-hydrogen) atoms. The number of hydrogen-bond donors (Lipinski definition) is 0. The lowest BCUT2D eigenvalue weighted by Gasteiger charge is -2.13. The summed E-state index contributed by atoms with van der Waals surface area (Å²) in [7, 11) is 1.33. The lowest BCUT2D eigenvalue weighted by atomic mass is 10.1. The first kappa shape index (κ1) is 10.7. The van der Waals surface area contributed by atoms with Crippen molar-refractivity contribution >= 4 is 11.9 Å². The van der Waals surface area contributed by atoms with Gasteiger partial charge in [0.2, 0.25) is 0 Å². The molecule has 0 N–H and O–H groups in total. The van der Waals surface area contributed by atoms with E-state index in [2.05, 4.69) is 9.73 Å². The molecule has 0 saturated heterocycles. The molecule has 1 aliphatic heterocycles. The number of carbonyl (C=O) groups is 1. The Morgan fingerprint density at radius 2 is 2.19 bits per heavy atom. The van der Waals surface area contributed by atoms with Gasteiger partial charge in [-0.15, -0.1) is 0 Å². The van der Waals surface area contributed by atoms with Crippen LogP contribution in [0.2, 0.25) is 0 Å². The van der Waals surface area contributed by atoms with Gasteiger partial charge < -0.3 is 13.9 Å². The highest BCUT2D eigenvalue weighted by Gasteiger charge is 2.39. The minimum atomic E-state index is -0.671. The molecule has 1 aromatic heterocycles. The van der Waals surface area contributed by atoms with Gasteiger partial charge in [-0.1, -0.05) is 0 Å². The van der Waals surface area contributed by atoms with Crippen LogP contribution < -0.4 is 0 Å². The van der Waals surface area contributed by atoms with Gasteiger partial charge in [-0.25, -0.2) is 9.79 Å². The fourth-order valence-electron chi connectivity index (χ4n) is 1.66. The highest BCUT2D eigenvalue weighted by molar-refractivity contribution is 5.85. The average Bonchev–Trinajstić information content (AvgIpc) is 2.83. The largest absolute Gasteiger partial charge is 0.467 e. The van der Waals surface area contributed by atoms with Crippen LogP contribution in [0.4, 0.5) is 0 Å². The molecule has 1 aliphatic rings. The first-order valence-corrected chi connectivity index (χ1v) is 4.97. The van der Waals surface area contributed by atoms with Crippen LogP contribution in [-0.2, 0) is 14.3 Å². The first-order chi connectivity index (χ1) is 7.61. The predicted molar refractivity (Wildman–Crippen MR) is 56.2 cm³/mol. The standard InChI is InChI=1S/C11H13NO4/c1-6-4-5-8(15-6)10-9(11(13)14-3)12-7(2)16-10/h4-5,9-10H,1-3H3. The normalized spacial score (nSPS) is 23.8. The molecule has 2 heterocycles. The molecule has 5 nitrogen and oxygen atoms in total. The zero-order valence-corrected chi connectivity index (χ0v) is 9.39. The van der Waals surface area contributed by atoms with E-state index in [4.69, 9.17) is 9.15 Å². The Hall–Kier alpha value is -1.78. The van der Waals surface area contributed by atoms with Gasteiger partial charge in [-0.05, 0) is 19.1 Å². The summed E-state index contributed by atoms with van der Waals surface area (Å²) in [4.78, 5) is 15.6. The van der Waals surface area contributed by atoms with Gasteiger partial charge in [0.1, 0.15) is 11.5 Å². The maximum absolute atomic E-state index is 11.5. The Bertz CT molecular complexity index is 435. The summed E-state index contributed by atoms with van der Waals surface area (Å²) in [5, 5.41) is 0. The van der Waals surface area contributed by atoms with Crippen LogP contribution in [0, 0.1) is 6.92 Å². The van der Waals surface area contributed by atoms with Gasteiger partial charge in [0, 0.05) is 6.92 Å². The molecule has 2 rings (SSSR count). The third-order valence-corrected chi connectivity index (χ3v) is 2.39. The Balaban J connectivity index is 2.25. The van der Waals surface area contributed by atoms with Crippen molar-refractivity contribution in [3.05, 3.63) is 23.7 Å². The van der Waals surface area contributed by atoms with Gasteiger partial charge >= 0.3 is 5.97 Å². The van der Waals surface area contributed by atoms with Crippen LogP contribution in [0.5, 0.6) is 0 Å². The van der Waals surface area contributed by atoms with Crippen LogP contribution in [0.15, 0.2) is 21.5 Å². The van der Waals surface area contributed by atoms with E-state index in [-0.39, 0.29) is 0 Å². The van der Waals surface area contributed by atoms with Crippen LogP contribution in [-0.4, -0.2) is 25.0 Å². The number of furan rings is 1. The molecule has 5 heteroatoms. The van der Waals surface area contributed by atoms with Crippen LogP contribution in [0.1, 0.15) is 24.5 Å². The summed E-state index contributed by atoms with van der Waals surface area (Å²) in [5.41, 5.74) is 0. The smallest absolute Gasteiger partial charge is 0.335 e. The molecule has 0 bridgehead atoms. The summed E-state index contributed by atoms with van der Waals surface area (Å²) in [5.74, 6) is 1.41. The Morgan fingerprint density at radius 3 is 2.75 bits per heavy atom. The highest BCUT2D eigenvalue weighted by Crippen LogP contribution is 2.30. The van der Waals surface area contributed by atoms with Gasteiger partial charge in [0.15, 0.2) is 18.0 Å². The third-order valence-electron chi connectivity index (χ3n) is 2.39. The molecular formula is C11H13NO4. The molecule has 0 aliphatic carbocycles. The zero-order chi connectivity index (χ0) is 11.7. The van der Waals surface area contributed by atoms with Crippen LogP contribution in [0.25, 0.3) is 0 Å². The van der Waals surface area contributed by atoms with Crippen LogP contribution >= 0.6 is 0 Å². The second kappa shape index (κ2) is 4.00. The van der Waals surface area contributed by atoms with Crippen molar-refractivity contribution in [1.82, 2.24) is 0 Å². The second-order valence-electron chi connectivity index (χ2n) is 3.60. The number of esters is 1. The van der Waals surface area contributed by atoms with E-state index in [0.717, 1.165) is 5.76 Å². The maximum Gasteiger partial charge on any atom is 0.335 e. The third kappa shape index (κ3) is 1.80. The SMILES string of the molecule is COC(=O)C1N=C(C)OC1c1ccc(C)o1. The molecule has 86 valence electrons. The molecule has 0 radical (unpaired) electrons. The van der Waals surface area contributed by atoms with E-state index in [1.807, 2.05) is 13.0 Å². The average molecular weight is 223 g/mol. The van der Waals surface area contributed by atoms with E-state index >= 15 is 0 Å². The number of ether oxygens (including phenoxy) is 2. The summed E-state index contributed by atoms with van der Waals surface area (Å²) < 4.78 is 15.6. The van der Waals surface area contributed by atoms with E-state index in [9.17, 15) is 4.79 Å². The van der Waals surface area contributed by atoms with Crippen molar-refractivity contribution in [3.63, 3.8) is 0 Å². The Kier molecular flexibility index (Phi) is 2.68. The highest BCUT2D eigenvalue weighted by atomic mass is 16.5. The summed E-state index contributed by atoms with van der Waals surface area (Å²) in [6.45, 7) is 3.53. The number of rotatable bonds is 2. The molecule has 2 unspecified atom stereocenters. The molecule has 0 aromatic carbocycles. The number of aryl methyl sites for hydroxylation is 1. The molecule has 0 amide bonds. The summed E-state index contributed by atoms with van der Waals surface area (Å²) >= 11 is 0. The first-order valence-electron chi connectivity index (χ1n) is 4.97. The van der Waals surface area contributed by atoms with Crippen LogP contribution in [0.3, 0.4) is 0 Å². The number of hydrogen-bond acceptors (Lipinski definition) is 5. The maximum atomic E-state index is 11.5. The van der Waals surface area contributed by atoms with E-state index in [0.29, 0.717) is 11.7 Å². The molecule has 2 atom stereocenters. The Labute approximate surface area is 93.1 Å². The molecule has 0 spiro atoms. The van der Waals surface area contributed by atoms with Crippen molar-refractivity contribution in [2.24, 2.45) is 4.99 Å². The van der Waals surface area contributed by atoms with Gasteiger partial charge in [0.05, 0.1) is 7.11 Å². The monoisotopic (exact) mass is 223 g/mol. The number of aliphatic imine (C=N–C) groups is 1. The summed E-state index contributed by atoms with van der Waals surface area (Å²) in [6.07, 6.45) is -0.513. The zero-order valence-electron chi connectivity index (χ0n) is 9.39. The number of nitrogens with zero attached hydrogens (tertiary/aromatic N) is 1. The van der Waals surface area contributed by atoms with Gasteiger partial charge in [-0.2, -0.15) is 0 Å². The fraction of sp³-hybridized carbons (Fsp3) is 0.455. The Morgan fingerprint density at radius 1 is 1.44 bits per heavy atom. The number of methoxy groups -OCH3 is 1. The molecular weight excluding hydrogens is 210 g/mol. The second-order valence-corrected chi connectivity index (χ2v) is 3.60.